The van der Waals surface area contributed by atoms with E-state index < -0.39 is 23.2 Å². The molecule has 2 heterocycles. The van der Waals surface area contributed by atoms with Crippen LogP contribution in [0.2, 0.25) is 0 Å². The van der Waals surface area contributed by atoms with Crippen LogP contribution in [-0.2, 0) is 9.31 Å². The van der Waals surface area contributed by atoms with Gasteiger partial charge in [0.2, 0.25) is 5.88 Å². The monoisotopic (exact) mass is 280 g/mol. The molecule has 1 aliphatic rings. The Labute approximate surface area is 117 Å². The first-order valence-corrected chi connectivity index (χ1v) is 6.22. The van der Waals surface area contributed by atoms with Crippen molar-refractivity contribution in [2.75, 3.05) is 7.11 Å². The lowest BCUT2D eigenvalue weighted by molar-refractivity contribution is -0.384. The molecule has 1 aliphatic heterocycles. The van der Waals surface area contributed by atoms with E-state index in [-0.39, 0.29) is 11.6 Å². The maximum absolute atomic E-state index is 10.9. The minimum atomic E-state index is -0.756. The first kappa shape index (κ1) is 14.7. The van der Waals surface area contributed by atoms with Gasteiger partial charge in [0, 0.05) is 6.07 Å². The average molecular weight is 280 g/mol. The lowest BCUT2D eigenvalue weighted by atomic mass is 9.84. The molecule has 1 fully saturated rings. The molecule has 1 saturated heterocycles. The number of pyridine rings is 1. The summed E-state index contributed by atoms with van der Waals surface area (Å²) < 4.78 is 16.6. The Kier molecular flexibility index (Phi) is 3.47. The van der Waals surface area contributed by atoms with E-state index in [1.807, 2.05) is 27.7 Å². The third-order valence-electron chi connectivity index (χ3n) is 3.72. The van der Waals surface area contributed by atoms with E-state index >= 15 is 0 Å². The van der Waals surface area contributed by atoms with E-state index in [9.17, 15) is 10.1 Å². The van der Waals surface area contributed by atoms with Gasteiger partial charge in [-0.15, -0.1) is 0 Å². The fourth-order valence-electron chi connectivity index (χ4n) is 1.81. The van der Waals surface area contributed by atoms with E-state index in [4.69, 9.17) is 14.0 Å². The van der Waals surface area contributed by atoms with Crippen LogP contribution in [0, 0.1) is 10.1 Å². The predicted molar refractivity (Wildman–Crippen MR) is 73.2 cm³/mol. The molecule has 0 aromatic carbocycles. The number of ether oxygens (including phenoxy) is 1. The number of rotatable bonds is 3. The third kappa shape index (κ3) is 2.48. The molecule has 8 heteroatoms. The molecule has 1 aromatic heterocycles. The van der Waals surface area contributed by atoms with Crippen LogP contribution in [0.3, 0.4) is 0 Å². The smallest absolute Gasteiger partial charge is 0.481 e. The van der Waals surface area contributed by atoms with Crippen LogP contribution >= 0.6 is 0 Å². The van der Waals surface area contributed by atoms with E-state index in [0.29, 0.717) is 5.59 Å². The second-order valence-corrected chi connectivity index (χ2v) is 5.64. The molecular formula is C12H17BN2O5. The molecule has 0 saturated carbocycles. The maximum atomic E-state index is 10.9. The number of aromatic nitrogens is 1. The highest BCUT2D eigenvalue weighted by molar-refractivity contribution is 6.61. The van der Waals surface area contributed by atoms with Gasteiger partial charge in [0.05, 0.1) is 34.9 Å². The van der Waals surface area contributed by atoms with Crippen molar-refractivity contribution >= 4 is 18.4 Å². The molecule has 0 bridgehead atoms. The Bertz CT molecular complexity index is 531. The Hall–Kier alpha value is -1.67. The van der Waals surface area contributed by atoms with Gasteiger partial charge < -0.3 is 14.0 Å². The van der Waals surface area contributed by atoms with Gasteiger partial charge in [0.15, 0.2) is 0 Å². The summed E-state index contributed by atoms with van der Waals surface area (Å²) in [5.41, 5.74) is -0.842. The van der Waals surface area contributed by atoms with Crippen molar-refractivity contribution in [1.29, 1.82) is 0 Å². The molecule has 0 aliphatic carbocycles. The minimum absolute atomic E-state index is 0.110. The van der Waals surface area contributed by atoms with Gasteiger partial charge in [-0.2, -0.15) is 0 Å². The summed E-state index contributed by atoms with van der Waals surface area (Å²) >= 11 is 0. The SMILES string of the molecule is COc1cc([N+](=O)[O-])cc(B2OC(C)(C)C(C)(C)O2)n1. The van der Waals surface area contributed by atoms with Gasteiger partial charge in [-0.25, -0.2) is 4.98 Å². The first-order chi connectivity index (χ1) is 9.16. The number of hydrogen-bond acceptors (Lipinski definition) is 6. The van der Waals surface area contributed by atoms with E-state index in [2.05, 4.69) is 4.98 Å². The zero-order valence-electron chi connectivity index (χ0n) is 12.2. The van der Waals surface area contributed by atoms with Crippen LogP contribution in [0.4, 0.5) is 5.69 Å². The van der Waals surface area contributed by atoms with Crippen LogP contribution in [0.15, 0.2) is 12.1 Å². The van der Waals surface area contributed by atoms with Crippen molar-refractivity contribution in [3.05, 3.63) is 22.2 Å². The van der Waals surface area contributed by atoms with Gasteiger partial charge >= 0.3 is 7.12 Å². The van der Waals surface area contributed by atoms with Crippen molar-refractivity contribution < 1.29 is 19.0 Å². The van der Waals surface area contributed by atoms with E-state index in [1.54, 1.807) is 0 Å². The fraction of sp³-hybridized carbons (Fsp3) is 0.583. The number of nitrogens with zero attached hydrogens (tertiary/aromatic N) is 2. The Morgan fingerprint density at radius 2 is 1.80 bits per heavy atom. The van der Waals surface area contributed by atoms with Crippen molar-refractivity contribution in [3.8, 4) is 5.88 Å². The molecule has 0 spiro atoms. The molecule has 108 valence electrons. The van der Waals surface area contributed by atoms with Crippen molar-refractivity contribution in [2.45, 2.75) is 38.9 Å². The Balaban J connectivity index is 2.39. The number of methoxy groups -OCH3 is 1. The molecule has 0 N–H and O–H groups in total. The van der Waals surface area contributed by atoms with Crippen LogP contribution in [0.1, 0.15) is 27.7 Å². The molecule has 0 atom stereocenters. The highest BCUT2D eigenvalue weighted by Gasteiger charge is 2.52. The van der Waals surface area contributed by atoms with Crippen molar-refractivity contribution in [1.82, 2.24) is 4.98 Å². The second-order valence-electron chi connectivity index (χ2n) is 5.64. The lowest BCUT2D eigenvalue weighted by Gasteiger charge is -2.32. The third-order valence-corrected chi connectivity index (χ3v) is 3.72. The van der Waals surface area contributed by atoms with E-state index in [1.165, 1.54) is 19.2 Å². The summed E-state index contributed by atoms with van der Waals surface area (Å²) in [6.07, 6.45) is 0. The summed E-state index contributed by atoms with van der Waals surface area (Å²) in [6, 6.07) is 2.60. The number of nitro groups is 1. The molecule has 20 heavy (non-hydrogen) atoms. The summed E-state index contributed by atoms with van der Waals surface area (Å²) in [5.74, 6) is 0.156. The summed E-state index contributed by atoms with van der Waals surface area (Å²) in [4.78, 5) is 14.6. The second kappa shape index (κ2) is 4.71. The van der Waals surface area contributed by atoms with Gasteiger partial charge in [-0.3, -0.25) is 10.1 Å². The highest BCUT2D eigenvalue weighted by atomic mass is 16.7. The Morgan fingerprint density at radius 3 is 2.25 bits per heavy atom. The maximum Gasteiger partial charge on any atom is 0.514 e. The van der Waals surface area contributed by atoms with Gasteiger partial charge in [-0.1, -0.05) is 0 Å². The molecule has 2 rings (SSSR count). The number of hydrogen-bond donors (Lipinski definition) is 0. The first-order valence-electron chi connectivity index (χ1n) is 6.22. The Morgan fingerprint density at radius 1 is 1.25 bits per heavy atom. The predicted octanol–water partition coefficient (Wildman–Crippen LogP) is 1.30. The van der Waals surface area contributed by atoms with Crippen LogP contribution in [0.25, 0.3) is 0 Å². The standard InChI is InChI=1S/C12H17BN2O5/c1-11(2)12(3,4)20-13(19-11)9-6-8(15(16)17)7-10(14-9)18-5/h6-7H,1-5H3. The fourth-order valence-corrected chi connectivity index (χ4v) is 1.81. The van der Waals surface area contributed by atoms with Gasteiger partial charge in [-0.05, 0) is 27.7 Å². The molecule has 7 nitrogen and oxygen atoms in total. The van der Waals surface area contributed by atoms with Crippen LogP contribution in [0.5, 0.6) is 5.88 Å². The summed E-state index contributed by atoms with van der Waals surface area (Å²) in [6.45, 7) is 7.62. The molecule has 0 unspecified atom stereocenters. The van der Waals surface area contributed by atoms with Crippen LogP contribution < -0.4 is 10.3 Å². The molecule has 1 aromatic rings. The average Bonchev–Trinajstić information content (AvgIpc) is 2.58. The quantitative estimate of drug-likeness (QED) is 0.471. The normalized spacial score (nSPS) is 19.9. The van der Waals surface area contributed by atoms with Crippen molar-refractivity contribution in [3.63, 3.8) is 0 Å². The summed E-state index contributed by atoms with van der Waals surface area (Å²) in [5, 5.41) is 10.9. The topological polar surface area (TPSA) is 83.7 Å². The van der Waals surface area contributed by atoms with Gasteiger partial charge in [0.25, 0.3) is 5.69 Å². The zero-order valence-corrected chi connectivity index (χ0v) is 12.2. The van der Waals surface area contributed by atoms with Crippen LogP contribution in [-0.4, -0.2) is 35.3 Å². The van der Waals surface area contributed by atoms with Crippen molar-refractivity contribution in [2.24, 2.45) is 0 Å². The minimum Gasteiger partial charge on any atom is -0.481 e. The molecule has 0 radical (unpaired) electrons. The largest absolute Gasteiger partial charge is 0.514 e. The molecule has 0 amide bonds. The molecular weight excluding hydrogens is 263 g/mol. The highest BCUT2D eigenvalue weighted by Crippen LogP contribution is 2.36. The van der Waals surface area contributed by atoms with E-state index in [0.717, 1.165) is 0 Å². The van der Waals surface area contributed by atoms with Gasteiger partial charge in [0.1, 0.15) is 0 Å². The summed E-state index contributed by atoms with van der Waals surface area (Å²) in [7, 11) is 0.647. The zero-order chi connectivity index (χ0) is 15.1. The lowest BCUT2D eigenvalue weighted by Crippen LogP contribution is -2.41.